The van der Waals surface area contributed by atoms with E-state index in [-0.39, 0.29) is 12.0 Å². The summed E-state index contributed by atoms with van der Waals surface area (Å²) in [6.45, 7) is 7.96. The van der Waals surface area contributed by atoms with Crippen molar-refractivity contribution in [1.82, 2.24) is 0 Å². The van der Waals surface area contributed by atoms with E-state index < -0.39 is 11.0 Å². The third kappa shape index (κ3) is 3.54. The zero-order valence-corrected chi connectivity index (χ0v) is 16.4. The van der Waals surface area contributed by atoms with Crippen LogP contribution in [0.1, 0.15) is 58.1 Å². The highest BCUT2D eigenvalue weighted by Crippen LogP contribution is 2.41. The maximum atomic E-state index is 13.4. The standard InChI is InChI=1S/C23H31NO2/c1-5-22(6-2,18(4)24)21(25)26-23(7-3,19-14-10-8-11-15-19)20-16-12-9-13-17-20/h8-18H,5-7,24H2,1-4H3. The van der Waals surface area contributed by atoms with Crippen molar-refractivity contribution in [3.05, 3.63) is 71.8 Å². The van der Waals surface area contributed by atoms with E-state index in [1.807, 2.05) is 81.4 Å². The number of hydrogen-bond acceptors (Lipinski definition) is 3. The summed E-state index contributed by atoms with van der Waals surface area (Å²) in [5.41, 5.74) is 6.70. The number of ether oxygens (including phenoxy) is 1. The van der Waals surface area contributed by atoms with Crippen LogP contribution < -0.4 is 5.73 Å². The minimum atomic E-state index is -0.815. The van der Waals surface area contributed by atoms with Gasteiger partial charge in [-0.3, -0.25) is 4.79 Å². The lowest BCUT2D eigenvalue weighted by Gasteiger charge is -2.40. The molecule has 0 saturated heterocycles. The number of nitrogens with two attached hydrogens (primary N) is 1. The average Bonchev–Trinajstić information content (AvgIpc) is 2.68. The van der Waals surface area contributed by atoms with E-state index >= 15 is 0 Å². The first-order valence-electron chi connectivity index (χ1n) is 9.57. The van der Waals surface area contributed by atoms with Crippen LogP contribution in [-0.2, 0) is 15.1 Å². The molecule has 0 aliphatic carbocycles. The monoisotopic (exact) mass is 353 g/mol. The topological polar surface area (TPSA) is 52.3 Å². The van der Waals surface area contributed by atoms with Crippen LogP contribution in [0.5, 0.6) is 0 Å². The van der Waals surface area contributed by atoms with Crippen LogP contribution in [0.15, 0.2) is 60.7 Å². The Morgan fingerprint density at radius 2 is 1.31 bits per heavy atom. The Hall–Kier alpha value is -2.13. The molecule has 0 fully saturated rings. The lowest BCUT2D eigenvalue weighted by molar-refractivity contribution is -0.172. The van der Waals surface area contributed by atoms with Crippen LogP contribution in [0.2, 0.25) is 0 Å². The molecule has 26 heavy (non-hydrogen) atoms. The molecule has 1 unspecified atom stereocenters. The van der Waals surface area contributed by atoms with Crippen molar-refractivity contribution < 1.29 is 9.53 Å². The second kappa shape index (κ2) is 8.50. The zero-order valence-electron chi connectivity index (χ0n) is 16.4. The van der Waals surface area contributed by atoms with Crippen LogP contribution in [0, 0.1) is 5.41 Å². The molecule has 0 aliphatic heterocycles. The number of esters is 1. The second-order valence-corrected chi connectivity index (χ2v) is 6.95. The van der Waals surface area contributed by atoms with Gasteiger partial charge in [0.15, 0.2) is 5.60 Å². The maximum absolute atomic E-state index is 13.4. The molecule has 2 N–H and O–H groups in total. The predicted octanol–water partition coefficient (Wildman–Crippen LogP) is 5.04. The van der Waals surface area contributed by atoms with Crippen molar-refractivity contribution in [2.75, 3.05) is 0 Å². The minimum Gasteiger partial charge on any atom is -0.449 e. The van der Waals surface area contributed by atoms with Crippen LogP contribution >= 0.6 is 0 Å². The van der Waals surface area contributed by atoms with Gasteiger partial charge in [0.25, 0.3) is 0 Å². The Bertz CT molecular complexity index is 651. The van der Waals surface area contributed by atoms with Crippen molar-refractivity contribution >= 4 is 5.97 Å². The second-order valence-electron chi connectivity index (χ2n) is 6.95. The molecule has 0 amide bonds. The van der Waals surface area contributed by atoms with E-state index in [4.69, 9.17) is 10.5 Å². The Morgan fingerprint density at radius 3 is 1.62 bits per heavy atom. The fourth-order valence-corrected chi connectivity index (χ4v) is 3.81. The molecule has 2 aromatic rings. The highest BCUT2D eigenvalue weighted by Gasteiger charge is 2.45. The van der Waals surface area contributed by atoms with E-state index in [0.717, 1.165) is 11.1 Å². The number of carbonyl (C=O) groups is 1. The van der Waals surface area contributed by atoms with Gasteiger partial charge < -0.3 is 10.5 Å². The van der Waals surface area contributed by atoms with Gasteiger partial charge in [0.2, 0.25) is 0 Å². The first kappa shape index (κ1) is 20.2. The van der Waals surface area contributed by atoms with Gasteiger partial charge >= 0.3 is 5.97 Å². The summed E-state index contributed by atoms with van der Waals surface area (Å²) >= 11 is 0. The van der Waals surface area contributed by atoms with E-state index in [9.17, 15) is 4.79 Å². The molecule has 0 saturated carbocycles. The van der Waals surface area contributed by atoms with Gasteiger partial charge in [-0.15, -0.1) is 0 Å². The normalized spacial score (nSPS) is 13.3. The van der Waals surface area contributed by atoms with Gasteiger partial charge in [0, 0.05) is 17.2 Å². The van der Waals surface area contributed by atoms with Gasteiger partial charge in [0.05, 0.1) is 5.41 Å². The molecule has 0 heterocycles. The molecule has 3 nitrogen and oxygen atoms in total. The van der Waals surface area contributed by atoms with E-state index in [0.29, 0.717) is 19.3 Å². The molecule has 0 radical (unpaired) electrons. The third-order valence-corrected chi connectivity index (χ3v) is 5.78. The quantitative estimate of drug-likeness (QED) is 0.677. The van der Waals surface area contributed by atoms with Crippen molar-refractivity contribution in [3.8, 4) is 0 Å². The lowest BCUT2D eigenvalue weighted by Crippen LogP contribution is -2.49. The molecule has 0 aromatic heterocycles. The van der Waals surface area contributed by atoms with Gasteiger partial charge in [-0.05, 0) is 26.2 Å². The molecule has 140 valence electrons. The maximum Gasteiger partial charge on any atom is 0.314 e. The molecular weight excluding hydrogens is 322 g/mol. The molecule has 2 rings (SSSR count). The highest BCUT2D eigenvalue weighted by atomic mass is 16.6. The van der Waals surface area contributed by atoms with Gasteiger partial charge in [-0.25, -0.2) is 0 Å². The van der Waals surface area contributed by atoms with Gasteiger partial charge in [0.1, 0.15) is 0 Å². The van der Waals surface area contributed by atoms with Crippen LogP contribution in [0.3, 0.4) is 0 Å². The molecule has 2 aromatic carbocycles. The van der Waals surface area contributed by atoms with Crippen molar-refractivity contribution in [2.24, 2.45) is 11.1 Å². The van der Waals surface area contributed by atoms with Crippen molar-refractivity contribution in [2.45, 2.75) is 58.6 Å². The Balaban J connectivity index is 2.57. The Labute approximate surface area is 157 Å². The summed E-state index contributed by atoms with van der Waals surface area (Å²) in [6.07, 6.45) is 1.96. The van der Waals surface area contributed by atoms with Crippen molar-refractivity contribution in [3.63, 3.8) is 0 Å². The fraction of sp³-hybridized carbons (Fsp3) is 0.435. The third-order valence-electron chi connectivity index (χ3n) is 5.78. The largest absolute Gasteiger partial charge is 0.449 e. The van der Waals surface area contributed by atoms with Crippen LogP contribution in [-0.4, -0.2) is 12.0 Å². The summed E-state index contributed by atoms with van der Waals surface area (Å²) in [4.78, 5) is 13.4. The number of rotatable bonds is 8. The number of benzene rings is 2. The van der Waals surface area contributed by atoms with E-state index in [1.54, 1.807) is 0 Å². The van der Waals surface area contributed by atoms with E-state index in [1.165, 1.54) is 0 Å². The van der Waals surface area contributed by atoms with Crippen LogP contribution in [0.25, 0.3) is 0 Å². The van der Waals surface area contributed by atoms with Crippen molar-refractivity contribution in [1.29, 1.82) is 0 Å². The minimum absolute atomic E-state index is 0.216. The summed E-state index contributed by atoms with van der Waals surface area (Å²) in [5.74, 6) is -0.216. The highest BCUT2D eigenvalue weighted by molar-refractivity contribution is 5.78. The lowest BCUT2D eigenvalue weighted by atomic mass is 9.75. The number of carbonyl (C=O) groups excluding carboxylic acids is 1. The SMILES string of the molecule is CCC(OC(=O)C(CC)(CC)C(C)N)(c1ccccc1)c1ccccc1. The summed E-state index contributed by atoms with van der Waals surface area (Å²) in [7, 11) is 0. The van der Waals surface area contributed by atoms with Gasteiger partial charge in [-0.1, -0.05) is 81.4 Å². The molecule has 0 spiro atoms. The molecule has 3 heteroatoms. The molecule has 1 atom stereocenters. The Morgan fingerprint density at radius 1 is 0.885 bits per heavy atom. The summed E-state index contributed by atoms with van der Waals surface area (Å²) in [5, 5.41) is 0. The predicted molar refractivity (Wildman–Crippen MR) is 107 cm³/mol. The van der Waals surface area contributed by atoms with Gasteiger partial charge in [-0.2, -0.15) is 0 Å². The van der Waals surface area contributed by atoms with E-state index in [2.05, 4.69) is 6.92 Å². The summed E-state index contributed by atoms with van der Waals surface area (Å²) in [6, 6.07) is 19.7. The van der Waals surface area contributed by atoms with Crippen LogP contribution in [0.4, 0.5) is 0 Å². The molecule has 0 bridgehead atoms. The number of hydrogen-bond donors (Lipinski definition) is 1. The fourth-order valence-electron chi connectivity index (χ4n) is 3.81. The Kier molecular flexibility index (Phi) is 6.60. The molecule has 0 aliphatic rings. The first-order valence-corrected chi connectivity index (χ1v) is 9.57. The zero-order chi connectivity index (χ0) is 19.2. The first-order chi connectivity index (χ1) is 12.5. The summed E-state index contributed by atoms with van der Waals surface area (Å²) < 4.78 is 6.35. The average molecular weight is 354 g/mol. The molecular formula is C23H31NO2. The smallest absolute Gasteiger partial charge is 0.314 e.